The summed E-state index contributed by atoms with van der Waals surface area (Å²) in [6, 6.07) is 1.75. The fourth-order valence-electron chi connectivity index (χ4n) is 1.78. The Bertz CT molecular complexity index is 597. The summed E-state index contributed by atoms with van der Waals surface area (Å²) in [4.78, 5) is 34.3. The van der Waals surface area contributed by atoms with Gasteiger partial charge in [0.05, 0.1) is 10.5 Å². The number of hydrogen-bond acceptors (Lipinski definition) is 5. The third-order valence-corrected chi connectivity index (χ3v) is 2.75. The Morgan fingerprint density at radius 1 is 1.45 bits per heavy atom. The third kappa shape index (κ3) is 4.00. The number of benzene rings is 1. The molecule has 0 saturated heterocycles. The summed E-state index contributed by atoms with van der Waals surface area (Å²) in [7, 11) is 1.21. The van der Waals surface area contributed by atoms with Crippen LogP contribution in [0.4, 0.5) is 14.9 Å². The number of halogens is 1. The molecule has 1 aromatic carbocycles. The van der Waals surface area contributed by atoms with Crippen LogP contribution in [0.3, 0.4) is 0 Å². The molecule has 1 aromatic rings. The molecule has 8 heteroatoms. The van der Waals surface area contributed by atoms with Gasteiger partial charge in [-0.3, -0.25) is 15.0 Å². The van der Waals surface area contributed by atoms with Gasteiger partial charge in [0.1, 0.15) is 23.7 Å². The zero-order valence-electron chi connectivity index (χ0n) is 12.7. The second-order valence-corrected chi connectivity index (χ2v) is 5.60. The van der Waals surface area contributed by atoms with Gasteiger partial charge in [-0.1, -0.05) is 6.07 Å². The molecular formula is C14H17FN2O5. The highest BCUT2D eigenvalue weighted by atomic mass is 19.1. The lowest BCUT2D eigenvalue weighted by atomic mass is 10.0. The van der Waals surface area contributed by atoms with Crippen molar-refractivity contribution in [1.29, 1.82) is 0 Å². The lowest BCUT2D eigenvalue weighted by molar-refractivity contribution is -0.386. The van der Waals surface area contributed by atoms with Crippen LogP contribution in [-0.2, 0) is 9.53 Å². The molecule has 0 aliphatic rings. The Morgan fingerprint density at radius 3 is 2.50 bits per heavy atom. The van der Waals surface area contributed by atoms with Gasteiger partial charge in [0.2, 0.25) is 0 Å². The van der Waals surface area contributed by atoms with Crippen LogP contribution in [0, 0.1) is 15.9 Å². The average molecular weight is 312 g/mol. The van der Waals surface area contributed by atoms with Gasteiger partial charge in [0, 0.05) is 13.1 Å². The number of ether oxygens (including phenoxy) is 1. The van der Waals surface area contributed by atoms with E-state index in [1.165, 1.54) is 7.05 Å². The highest BCUT2D eigenvalue weighted by molar-refractivity contribution is 5.76. The van der Waals surface area contributed by atoms with Crippen LogP contribution < -0.4 is 0 Å². The van der Waals surface area contributed by atoms with E-state index in [1.807, 2.05) is 0 Å². The van der Waals surface area contributed by atoms with E-state index in [9.17, 15) is 24.1 Å². The molecule has 0 aromatic heterocycles. The summed E-state index contributed by atoms with van der Waals surface area (Å²) in [5.74, 6) is -0.943. The Labute approximate surface area is 126 Å². The highest BCUT2D eigenvalue weighted by Gasteiger charge is 2.33. The van der Waals surface area contributed by atoms with Crippen LogP contribution >= 0.6 is 0 Å². The number of carbonyl (C=O) groups excluding carboxylic acids is 2. The van der Waals surface area contributed by atoms with E-state index in [4.69, 9.17) is 4.74 Å². The predicted octanol–water partition coefficient (Wildman–Crippen LogP) is 2.84. The van der Waals surface area contributed by atoms with Crippen LogP contribution in [0.25, 0.3) is 0 Å². The zero-order valence-corrected chi connectivity index (χ0v) is 12.7. The molecule has 7 nitrogen and oxygen atoms in total. The van der Waals surface area contributed by atoms with Crippen molar-refractivity contribution in [2.45, 2.75) is 32.4 Å². The molecule has 0 fully saturated rings. The molecule has 0 bridgehead atoms. The van der Waals surface area contributed by atoms with Gasteiger partial charge >= 0.3 is 6.09 Å². The number of carbonyl (C=O) groups is 2. The van der Waals surface area contributed by atoms with Crippen LogP contribution in [0.1, 0.15) is 32.4 Å². The summed E-state index contributed by atoms with van der Waals surface area (Å²) < 4.78 is 19.0. The Balaban J connectivity index is 3.25. The van der Waals surface area contributed by atoms with Crippen LogP contribution in [0.15, 0.2) is 18.2 Å². The SMILES string of the molecule is CN(C(=O)OC(C)(C)C)C(C=O)c1c(F)cccc1[N+](=O)[O-]. The molecule has 1 rings (SSSR count). The van der Waals surface area contributed by atoms with E-state index < -0.39 is 39.7 Å². The van der Waals surface area contributed by atoms with Gasteiger partial charge in [-0.05, 0) is 26.8 Å². The average Bonchev–Trinajstić information content (AvgIpc) is 2.38. The van der Waals surface area contributed by atoms with Crippen LogP contribution in [0.5, 0.6) is 0 Å². The molecule has 0 heterocycles. The van der Waals surface area contributed by atoms with Crippen molar-refractivity contribution in [1.82, 2.24) is 4.90 Å². The van der Waals surface area contributed by atoms with Crippen molar-refractivity contribution in [2.24, 2.45) is 0 Å². The molecule has 0 aliphatic heterocycles. The molecular weight excluding hydrogens is 295 g/mol. The minimum atomic E-state index is -1.46. The van der Waals surface area contributed by atoms with E-state index in [1.54, 1.807) is 20.8 Å². The fraction of sp³-hybridized carbons (Fsp3) is 0.429. The van der Waals surface area contributed by atoms with E-state index in [0.29, 0.717) is 0 Å². The second-order valence-electron chi connectivity index (χ2n) is 5.60. The topological polar surface area (TPSA) is 89.8 Å². The number of likely N-dealkylation sites (N-methyl/N-ethyl adjacent to an activating group) is 1. The molecule has 1 amide bonds. The maximum atomic E-state index is 14.0. The maximum absolute atomic E-state index is 14.0. The first-order chi connectivity index (χ1) is 10.1. The van der Waals surface area contributed by atoms with Gasteiger partial charge < -0.3 is 9.53 Å². The summed E-state index contributed by atoms with van der Waals surface area (Å²) in [5.41, 5.74) is -1.87. The zero-order chi connectivity index (χ0) is 17.1. The molecule has 0 spiro atoms. The predicted molar refractivity (Wildman–Crippen MR) is 75.9 cm³/mol. The van der Waals surface area contributed by atoms with Gasteiger partial charge in [-0.2, -0.15) is 0 Å². The van der Waals surface area contributed by atoms with Gasteiger partial charge in [0.25, 0.3) is 5.69 Å². The van der Waals surface area contributed by atoms with Crippen molar-refractivity contribution >= 4 is 18.1 Å². The van der Waals surface area contributed by atoms with Crippen molar-refractivity contribution in [3.63, 3.8) is 0 Å². The van der Waals surface area contributed by atoms with Crippen molar-refractivity contribution in [2.75, 3.05) is 7.05 Å². The molecule has 0 saturated carbocycles. The smallest absolute Gasteiger partial charge is 0.410 e. The third-order valence-electron chi connectivity index (χ3n) is 2.75. The lowest BCUT2D eigenvalue weighted by Gasteiger charge is -2.28. The van der Waals surface area contributed by atoms with Gasteiger partial charge in [-0.15, -0.1) is 0 Å². The van der Waals surface area contributed by atoms with E-state index >= 15 is 0 Å². The molecule has 1 unspecified atom stereocenters. The first-order valence-electron chi connectivity index (χ1n) is 6.42. The number of rotatable bonds is 4. The molecule has 0 N–H and O–H groups in total. The monoisotopic (exact) mass is 312 g/mol. The number of aldehydes is 1. The first kappa shape index (κ1) is 17.5. The maximum Gasteiger partial charge on any atom is 0.410 e. The minimum Gasteiger partial charge on any atom is -0.444 e. The molecule has 0 aliphatic carbocycles. The number of amides is 1. The lowest BCUT2D eigenvalue weighted by Crippen LogP contribution is -2.37. The standard InChI is InChI=1S/C14H17FN2O5/c1-14(2,3)22-13(19)16(4)11(8-18)12-9(15)6-5-7-10(12)17(20)21/h5-8,11H,1-4H3. The van der Waals surface area contributed by atoms with Crippen LogP contribution in [-0.4, -0.2) is 34.9 Å². The minimum absolute atomic E-state index is 0.259. The number of nitro benzene ring substituents is 1. The van der Waals surface area contributed by atoms with E-state index in [-0.39, 0.29) is 6.29 Å². The van der Waals surface area contributed by atoms with Gasteiger partial charge in [0.15, 0.2) is 0 Å². The molecule has 22 heavy (non-hydrogen) atoms. The summed E-state index contributed by atoms with van der Waals surface area (Å²) in [6.45, 7) is 4.88. The summed E-state index contributed by atoms with van der Waals surface area (Å²) >= 11 is 0. The van der Waals surface area contributed by atoms with Crippen molar-refractivity contribution in [3.8, 4) is 0 Å². The van der Waals surface area contributed by atoms with E-state index in [0.717, 1.165) is 23.1 Å². The number of hydrogen-bond donors (Lipinski definition) is 0. The van der Waals surface area contributed by atoms with Gasteiger partial charge in [-0.25, -0.2) is 9.18 Å². The van der Waals surface area contributed by atoms with Crippen LogP contribution in [0.2, 0.25) is 0 Å². The molecule has 120 valence electrons. The fourth-order valence-corrected chi connectivity index (χ4v) is 1.78. The Kier molecular flexibility index (Phi) is 5.19. The number of nitrogens with zero attached hydrogens (tertiary/aromatic N) is 2. The summed E-state index contributed by atoms with van der Waals surface area (Å²) in [5, 5.41) is 11.0. The Hall–Kier alpha value is -2.51. The quantitative estimate of drug-likeness (QED) is 0.484. The largest absolute Gasteiger partial charge is 0.444 e. The van der Waals surface area contributed by atoms with Crippen molar-refractivity contribution < 1.29 is 23.6 Å². The Morgan fingerprint density at radius 2 is 2.05 bits per heavy atom. The van der Waals surface area contributed by atoms with E-state index in [2.05, 4.69) is 0 Å². The molecule has 0 radical (unpaired) electrons. The normalized spacial score (nSPS) is 12.4. The number of nitro groups is 1. The summed E-state index contributed by atoms with van der Waals surface area (Å²) in [6.07, 6.45) is -0.628. The first-order valence-corrected chi connectivity index (χ1v) is 6.42. The van der Waals surface area contributed by atoms with Crippen molar-refractivity contribution in [3.05, 3.63) is 39.7 Å². The second kappa shape index (κ2) is 6.50. The highest BCUT2D eigenvalue weighted by Crippen LogP contribution is 2.30. The molecule has 1 atom stereocenters.